The van der Waals surface area contributed by atoms with E-state index in [0.717, 1.165) is 0 Å². The lowest BCUT2D eigenvalue weighted by Crippen LogP contribution is -2.30. The Labute approximate surface area is 258 Å². The van der Waals surface area contributed by atoms with Crippen LogP contribution in [0.15, 0.2) is 0 Å². The van der Waals surface area contributed by atoms with Gasteiger partial charge in [-0.2, -0.15) is 0 Å². The number of aryl methyl sites for hydroxylation is 1. The molecular formula is C25H45N3O13S2. The van der Waals surface area contributed by atoms with Crippen molar-refractivity contribution < 1.29 is 61.4 Å². The van der Waals surface area contributed by atoms with Crippen molar-refractivity contribution in [2.75, 3.05) is 122 Å². The Hall–Kier alpha value is -1.84. The molecular weight excluding hydrogens is 614 g/mol. The summed E-state index contributed by atoms with van der Waals surface area (Å²) in [5.41, 5.74) is 0. The van der Waals surface area contributed by atoms with Crippen LogP contribution in [0.4, 0.5) is 10.9 Å². The molecule has 250 valence electrons. The van der Waals surface area contributed by atoms with Gasteiger partial charge in [0.25, 0.3) is 11.3 Å². The fraction of sp³-hybridized carbons (Fsp3) is 0.800. The predicted molar refractivity (Wildman–Crippen MR) is 158 cm³/mol. The van der Waals surface area contributed by atoms with E-state index in [1.165, 1.54) is 22.6 Å². The molecule has 0 aliphatic heterocycles. The molecule has 1 aromatic heterocycles. The summed E-state index contributed by atoms with van der Waals surface area (Å²) in [6.07, 6.45) is -0.0144. The van der Waals surface area contributed by atoms with Crippen molar-refractivity contribution in [3.05, 3.63) is 4.88 Å². The maximum atomic E-state index is 11.7. The highest BCUT2D eigenvalue weighted by atomic mass is 32.2. The van der Waals surface area contributed by atoms with Crippen molar-refractivity contribution in [2.24, 2.45) is 0 Å². The monoisotopic (exact) mass is 659 g/mol. The maximum absolute atomic E-state index is 11.7. The number of carboxylic acid groups (broad SMARTS) is 1. The zero-order valence-corrected chi connectivity index (χ0v) is 26.5. The van der Waals surface area contributed by atoms with Gasteiger partial charge in [-0.15, -0.1) is 0 Å². The summed E-state index contributed by atoms with van der Waals surface area (Å²) in [7, 11) is 0. The number of ether oxygens (including phenoxy) is 8. The second-order valence-corrected chi connectivity index (χ2v) is 10.6. The molecule has 1 amide bonds. The van der Waals surface area contributed by atoms with Gasteiger partial charge < -0.3 is 48.3 Å². The summed E-state index contributed by atoms with van der Waals surface area (Å²) in [5.74, 6) is -0.830. The molecule has 0 aromatic carbocycles. The average molecular weight is 660 g/mol. The summed E-state index contributed by atoms with van der Waals surface area (Å²) >= 11 is -1.07. The highest BCUT2D eigenvalue weighted by molar-refractivity contribution is 7.80. The topological polar surface area (TPSA) is 194 Å². The Morgan fingerprint density at radius 1 is 0.744 bits per heavy atom. The van der Waals surface area contributed by atoms with E-state index in [9.17, 15) is 18.4 Å². The molecule has 0 saturated carbocycles. The van der Waals surface area contributed by atoms with Crippen molar-refractivity contribution in [1.29, 1.82) is 0 Å². The van der Waals surface area contributed by atoms with Gasteiger partial charge in [0.05, 0.1) is 119 Å². The number of hydrogen-bond acceptors (Lipinski definition) is 13. The van der Waals surface area contributed by atoms with Gasteiger partial charge in [0.2, 0.25) is 5.91 Å². The van der Waals surface area contributed by atoms with Crippen LogP contribution >= 0.6 is 11.3 Å². The summed E-state index contributed by atoms with van der Waals surface area (Å²) < 4.78 is 65.6. The number of nitrogens with zero attached hydrogens (tertiary/aromatic N) is 2. The van der Waals surface area contributed by atoms with Gasteiger partial charge in [0.15, 0.2) is 10.9 Å². The molecule has 3 N–H and O–H groups in total. The molecule has 1 unspecified atom stereocenters. The second kappa shape index (κ2) is 26.6. The standard InChI is InChI=1S/C25H45N3O13S2/c1-21-24(27-25(42-21)26-22(2)29)28(43(32)33)4-6-35-8-10-37-12-14-39-16-18-41-20-19-40-17-15-38-13-11-36-9-7-34-5-3-23(30)31/h3-20H2,1-2H3,(H,30,31)(H,32,33)(H,26,27,29). The molecule has 0 saturated heterocycles. The summed E-state index contributed by atoms with van der Waals surface area (Å²) in [5, 5.41) is 11.4. The number of carboxylic acids is 1. The Morgan fingerprint density at radius 3 is 1.47 bits per heavy atom. The number of aromatic nitrogens is 1. The third-order valence-corrected chi connectivity index (χ3v) is 6.59. The van der Waals surface area contributed by atoms with Crippen LogP contribution in [0.2, 0.25) is 0 Å². The number of rotatable bonds is 30. The first-order chi connectivity index (χ1) is 20.8. The molecule has 0 bridgehead atoms. The molecule has 0 spiro atoms. The zero-order valence-electron chi connectivity index (χ0n) is 24.8. The minimum atomic E-state index is -2.29. The van der Waals surface area contributed by atoms with Crippen molar-refractivity contribution in [2.45, 2.75) is 20.3 Å². The van der Waals surface area contributed by atoms with Crippen molar-refractivity contribution in [3.8, 4) is 0 Å². The molecule has 16 nitrogen and oxygen atoms in total. The number of hydrogen-bond donors (Lipinski definition) is 3. The molecule has 0 fully saturated rings. The zero-order chi connectivity index (χ0) is 31.5. The van der Waals surface area contributed by atoms with Crippen LogP contribution in [0.3, 0.4) is 0 Å². The third-order valence-electron chi connectivity index (χ3n) is 4.98. The number of anilines is 2. The maximum Gasteiger partial charge on any atom is 0.305 e. The Bertz CT molecular complexity index is 895. The van der Waals surface area contributed by atoms with Gasteiger partial charge in [-0.05, 0) is 6.92 Å². The van der Waals surface area contributed by atoms with Crippen LogP contribution in [-0.4, -0.2) is 143 Å². The number of carbonyl (C=O) groups is 2. The lowest BCUT2D eigenvalue weighted by molar-refractivity contribution is -0.138. The van der Waals surface area contributed by atoms with Crippen molar-refractivity contribution in [3.63, 3.8) is 0 Å². The molecule has 0 radical (unpaired) electrons. The normalized spacial score (nSPS) is 12.0. The Morgan fingerprint density at radius 2 is 1.12 bits per heavy atom. The first-order valence-corrected chi connectivity index (χ1v) is 15.7. The highest BCUT2D eigenvalue weighted by Gasteiger charge is 2.19. The van der Waals surface area contributed by atoms with Gasteiger partial charge >= 0.3 is 5.97 Å². The minimum Gasteiger partial charge on any atom is -0.481 e. The molecule has 1 heterocycles. The van der Waals surface area contributed by atoms with Crippen molar-refractivity contribution in [1.82, 2.24) is 4.98 Å². The predicted octanol–water partition coefficient (Wildman–Crippen LogP) is 0.961. The SMILES string of the molecule is CC(=O)Nc1nc(N(CCOCCOCCOCCOCCOCCOCCOCCOCCC(=O)O)S(=O)O)c(C)s1. The van der Waals surface area contributed by atoms with Crippen LogP contribution in [-0.2, 0) is 58.8 Å². The number of amides is 1. The number of carbonyl (C=O) groups excluding carboxylic acids is 1. The summed E-state index contributed by atoms with van der Waals surface area (Å²) in [6.45, 7) is 9.38. The van der Waals surface area contributed by atoms with Crippen LogP contribution in [0.5, 0.6) is 0 Å². The number of aliphatic carboxylic acids is 1. The van der Waals surface area contributed by atoms with E-state index in [1.54, 1.807) is 6.92 Å². The third kappa shape index (κ3) is 22.3. The first kappa shape index (κ1) is 39.2. The smallest absolute Gasteiger partial charge is 0.305 e. The van der Waals surface area contributed by atoms with E-state index < -0.39 is 17.2 Å². The Balaban J connectivity index is 1.84. The van der Waals surface area contributed by atoms with Gasteiger partial charge in [-0.25, -0.2) is 13.5 Å². The first-order valence-electron chi connectivity index (χ1n) is 13.8. The van der Waals surface area contributed by atoms with E-state index in [4.69, 9.17) is 43.0 Å². The van der Waals surface area contributed by atoms with Gasteiger partial charge in [0.1, 0.15) is 0 Å². The second-order valence-electron chi connectivity index (χ2n) is 8.46. The molecule has 18 heteroatoms. The van der Waals surface area contributed by atoms with Gasteiger partial charge in [-0.1, -0.05) is 11.3 Å². The van der Waals surface area contributed by atoms with E-state index in [1.807, 2.05) is 0 Å². The Kier molecular flexibility index (Phi) is 24.2. The lowest BCUT2D eigenvalue weighted by atomic mass is 10.5. The lowest BCUT2D eigenvalue weighted by Gasteiger charge is -2.18. The summed E-state index contributed by atoms with van der Waals surface area (Å²) in [4.78, 5) is 26.4. The van der Waals surface area contributed by atoms with Crippen LogP contribution in [0, 0.1) is 6.92 Å². The molecule has 1 atom stereocenters. The fourth-order valence-electron chi connectivity index (χ4n) is 3.03. The molecule has 0 aliphatic rings. The van der Waals surface area contributed by atoms with E-state index in [0.29, 0.717) is 108 Å². The fourth-order valence-corrected chi connectivity index (χ4v) is 4.51. The largest absolute Gasteiger partial charge is 0.481 e. The van der Waals surface area contributed by atoms with E-state index >= 15 is 0 Å². The summed E-state index contributed by atoms with van der Waals surface area (Å²) in [6, 6.07) is 0. The van der Waals surface area contributed by atoms with E-state index in [2.05, 4.69) is 10.3 Å². The van der Waals surface area contributed by atoms with Gasteiger partial charge in [0, 0.05) is 11.8 Å². The molecule has 1 rings (SSSR count). The van der Waals surface area contributed by atoms with Crippen LogP contribution in [0.1, 0.15) is 18.2 Å². The molecule has 1 aromatic rings. The van der Waals surface area contributed by atoms with Crippen LogP contribution in [0.25, 0.3) is 0 Å². The quantitative estimate of drug-likeness (QED) is 0.0781. The average Bonchev–Trinajstić information content (AvgIpc) is 3.30. The number of thiazole rings is 1. The van der Waals surface area contributed by atoms with Crippen molar-refractivity contribution >= 4 is 45.4 Å². The highest BCUT2D eigenvalue weighted by Crippen LogP contribution is 2.29. The van der Waals surface area contributed by atoms with Crippen LogP contribution < -0.4 is 9.62 Å². The van der Waals surface area contributed by atoms with E-state index in [-0.39, 0.29) is 32.1 Å². The van der Waals surface area contributed by atoms with Gasteiger partial charge in [-0.3, -0.25) is 14.1 Å². The number of nitrogens with one attached hydrogen (secondary N) is 1. The minimum absolute atomic E-state index is 0.0144. The molecule has 0 aliphatic carbocycles. The molecule has 43 heavy (non-hydrogen) atoms.